The van der Waals surface area contributed by atoms with E-state index >= 15 is 0 Å². The zero-order valence-corrected chi connectivity index (χ0v) is 18.3. The second kappa shape index (κ2) is 8.70. The third kappa shape index (κ3) is 4.33. The van der Waals surface area contributed by atoms with E-state index in [0.717, 1.165) is 10.9 Å². The number of hydrogen-bond donors (Lipinski definition) is 1. The number of nitrogen functional groups attached to an aromatic ring is 1. The molecular formula is C22H20N6O4S. The summed E-state index contributed by atoms with van der Waals surface area (Å²) in [4.78, 5) is 16.9. The molecule has 168 valence electrons. The monoisotopic (exact) mass is 464 g/mol. The summed E-state index contributed by atoms with van der Waals surface area (Å²) in [6, 6.07) is 13.6. The quantitative estimate of drug-likeness (QED) is 0.473. The molecule has 0 amide bonds. The van der Waals surface area contributed by atoms with Crippen molar-refractivity contribution >= 4 is 26.9 Å². The van der Waals surface area contributed by atoms with E-state index in [4.69, 9.17) is 15.2 Å². The zero-order chi connectivity index (χ0) is 22.8. The number of morpholine rings is 1. The highest BCUT2D eigenvalue weighted by atomic mass is 32.2. The van der Waals surface area contributed by atoms with Gasteiger partial charge >= 0.3 is 0 Å². The van der Waals surface area contributed by atoms with E-state index < -0.39 is 10.0 Å². The van der Waals surface area contributed by atoms with Crippen LogP contribution in [0.5, 0.6) is 11.6 Å². The molecule has 33 heavy (non-hydrogen) atoms. The molecule has 0 aliphatic carbocycles. The van der Waals surface area contributed by atoms with Gasteiger partial charge in [0.1, 0.15) is 12.1 Å². The van der Waals surface area contributed by atoms with Crippen molar-refractivity contribution in [2.24, 2.45) is 0 Å². The molecule has 3 heterocycles. The van der Waals surface area contributed by atoms with Crippen LogP contribution in [0.2, 0.25) is 0 Å². The van der Waals surface area contributed by atoms with E-state index in [-0.39, 0.29) is 10.8 Å². The molecule has 2 aromatic carbocycles. The summed E-state index contributed by atoms with van der Waals surface area (Å²) in [5.74, 6) is 1.04. The number of benzene rings is 2. The molecule has 4 aromatic rings. The number of nitrogens with two attached hydrogens (primary N) is 1. The molecule has 0 spiro atoms. The first-order valence-electron chi connectivity index (χ1n) is 10.2. The molecule has 2 N–H and O–H groups in total. The predicted molar refractivity (Wildman–Crippen MR) is 121 cm³/mol. The average molecular weight is 465 g/mol. The van der Waals surface area contributed by atoms with Crippen LogP contribution in [0.1, 0.15) is 0 Å². The number of aromatic nitrogens is 4. The largest absolute Gasteiger partial charge is 0.439 e. The molecule has 10 nitrogen and oxygen atoms in total. The minimum absolute atomic E-state index is 0.0988. The third-order valence-corrected chi connectivity index (χ3v) is 7.11. The maximum atomic E-state index is 12.9. The molecule has 1 saturated heterocycles. The van der Waals surface area contributed by atoms with Crippen LogP contribution in [-0.4, -0.2) is 59.0 Å². The van der Waals surface area contributed by atoms with E-state index in [1.54, 1.807) is 48.7 Å². The lowest BCUT2D eigenvalue weighted by Gasteiger charge is -2.26. The molecule has 0 saturated carbocycles. The normalized spacial score (nSPS) is 14.9. The predicted octanol–water partition coefficient (Wildman–Crippen LogP) is 2.48. The minimum Gasteiger partial charge on any atom is -0.439 e. The van der Waals surface area contributed by atoms with Crippen LogP contribution in [0.3, 0.4) is 0 Å². The second-order valence-corrected chi connectivity index (χ2v) is 9.24. The van der Waals surface area contributed by atoms with E-state index in [2.05, 4.69) is 19.9 Å². The number of nitrogens with zero attached hydrogens (tertiary/aromatic N) is 5. The van der Waals surface area contributed by atoms with E-state index in [9.17, 15) is 8.42 Å². The topological polar surface area (TPSA) is 133 Å². The van der Waals surface area contributed by atoms with Crippen molar-refractivity contribution in [1.82, 2.24) is 24.2 Å². The summed E-state index contributed by atoms with van der Waals surface area (Å²) in [6.07, 6.45) is 2.99. The molecule has 0 unspecified atom stereocenters. The van der Waals surface area contributed by atoms with Gasteiger partial charge in [-0.3, -0.25) is 0 Å². The number of anilines is 1. The summed E-state index contributed by atoms with van der Waals surface area (Å²) in [6.45, 7) is 1.48. The summed E-state index contributed by atoms with van der Waals surface area (Å²) < 4.78 is 38.2. The molecule has 5 rings (SSSR count). The average Bonchev–Trinajstić information content (AvgIpc) is 2.84. The highest BCUT2D eigenvalue weighted by molar-refractivity contribution is 7.89. The summed E-state index contributed by atoms with van der Waals surface area (Å²) in [5.41, 5.74) is 7.88. The summed E-state index contributed by atoms with van der Waals surface area (Å²) >= 11 is 0. The smallest absolute Gasteiger partial charge is 0.243 e. The maximum Gasteiger partial charge on any atom is 0.243 e. The van der Waals surface area contributed by atoms with Gasteiger partial charge in [-0.15, -0.1) is 0 Å². The van der Waals surface area contributed by atoms with Crippen LogP contribution in [-0.2, 0) is 14.8 Å². The first-order chi connectivity index (χ1) is 16.0. The van der Waals surface area contributed by atoms with Gasteiger partial charge in [0.05, 0.1) is 29.3 Å². The van der Waals surface area contributed by atoms with Crippen molar-refractivity contribution in [2.45, 2.75) is 4.90 Å². The Balaban J connectivity index is 1.48. The maximum absolute atomic E-state index is 12.9. The van der Waals surface area contributed by atoms with E-state index in [1.807, 2.05) is 6.07 Å². The third-order valence-electron chi connectivity index (χ3n) is 5.20. The van der Waals surface area contributed by atoms with Crippen LogP contribution in [0.15, 0.2) is 66.0 Å². The van der Waals surface area contributed by atoms with Crippen LogP contribution in [0, 0.1) is 0 Å². The van der Waals surface area contributed by atoms with Crippen molar-refractivity contribution < 1.29 is 17.9 Å². The Morgan fingerprint density at radius 3 is 2.52 bits per heavy atom. The van der Waals surface area contributed by atoms with Gasteiger partial charge in [0.2, 0.25) is 21.9 Å². The highest BCUT2D eigenvalue weighted by Gasteiger charge is 2.26. The minimum atomic E-state index is -3.58. The standard InChI is InChI=1S/C22H20N6O4S/c23-22-26-19-13-16(32-20-7-8-24-14-25-20)3-6-18(19)21(27-22)15-1-4-17(5-2-15)33(29,30)28-9-11-31-12-10-28/h1-8,13-14H,9-12H2,(H2,23,26,27). The van der Waals surface area contributed by atoms with E-state index in [1.165, 1.54) is 10.6 Å². The first kappa shape index (κ1) is 21.2. The zero-order valence-electron chi connectivity index (χ0n) is 17.5. The summed E-state index contributed by atoms with van der Waals surface area (Å²) in [7, 11) is -3.58. The van der Waals surface area contributed by atoms with Crippen molar-refractivity contribution in [3.63, 3.8) is 0 Å². The van der Waals surface area contributed by atoms with Gasteiger partial charge < -0.3 is 15.2 Å². The molecule has 0 radical (unpaired) electrons. The van der Waals surface area contributed by atoms with Crippen molar-refractivity contribution in [3.05, 3.63) is 61.1 Å². The fourth-order valence-corrected chi connectivity index (χ4v) is 5.00. The van der Waals surface area contributed by atoms with Gasteiger partial charge in [-0.25, -0.2) is 28.4 Å². The fourth-order valence-electron chi connectivity index (χ4n) is 3.59. The molecule has 2 aromatic heterocycles. The van der Waals surface area contributed by atoms with Gasteiger partial charge in [0.25, 0.3) is 0 Å². The Morgan fingerprint density at radius 2 is 1.79 bits per heavy atom. The number of fused-ring (bicyclic) bond motifs is 1. The lowest BCUT2D eigenvalue weighted by atomic mass is 10.1. The van der Waals surface area contributed by atoms with Gasteiger partial charge in [-0.2, -0.15) is 4.31 Å². The lowest BCUT2D eigenvalue weighted by molar-refractivity contribution is 0.0730. The van der Waals surface area contributed by atoms with Crippen molar-refractivity contribution in [3.8, 4) is 22.9 Å². The molecule has 1 aliphatic heterocycles. The van der Waals surface area contributed by atoms with Gasteiger partial charge in [0.15, 0.2) is 0 Å². The Morgan fingerprint density at radius 1 is 1.00 bits per heavy atom. The Kier molecular flexibility index (Phi) is 5.58. The molecule has 0 atom stereocenters. The summed E-state index contributed by atoms with van der Waals surface area (Å²) in [5, 5.41) is 0.753. The van der Waals surface area contributed by atoms with Gasteiger partial charge in [0, 0.05) is 42.4 Å². The van der Waals surface area contributed by atoms with Gasteiger partial charge in [-0.05, 0) is 24.3 Å². The van der Waals surface area contributed by atoms with Crippen LogP contribution in [0.4, 0.5) is 5.95 Å². The van der Waals surface area contributed by atoms with Crippen LogP contribution in [0.25, 0.3) is 22.2 Å². The number of hydrogen-bond acceptors (Lipinski definition) is 9. The Hall–Kier alpha value is -3.67. The molecule has 11 heteroatoms. The van der Waals surface area contributed by atoms with Gasteiger partial charge in [-0.1, -0.05) is 12.1 Å². The molecule has 1 fully saturated rings. The molecular weight excluding hydrogens is 444 g/mol. The highest BCUT2D eigenvalue weighted by Crippen LogP contribution is 2.31. The van der Waals surface area contributed by atoms with E-state index in [0.29, 0.717) is 49.1 Å². The molecule has 0 bridgehead atoms. The number of rotatable bonds is 5. The van der Waals surface area contributed by atoms with Crippen LogP contribution >= 0.6 is 0 Å². The lowest BCUT2D eigenvalue weighted by Crippen LogP contribution is -2.40. The number of ether oxygens (including phenoxy) is 2. The SMILES string of the molecule is Nc1nc(-c2ccc(S(=O)(=O)N3CCOCC3)cc2)c2ccc(Oc3ccncn3)cc2n1. The first-order valence-corrected chi connectivity index (χ1v) is 11.6. The molecule has 1 aliphatic rings. The van der Waals surface area contributed by atoms with Crippen LogP contribution < -0.4 is 10.5 Å². The Labute approximate surface area is 190 Å². The fraction of sp³-hybridized carbons (Fsp3) is 0.182. The number of sulfonamides is 1. The Bertz CT molecular complexity index is 1390. The van der Waals surface area contributed by atoms with Crippen molar-refractivity contribution in [1.29, 1.82) is 0 Å². The van der Waals surface area contributed by atoms with Crippen molar-refractivity contribution in [2.75, 3.05) is 32.0 Å². The second-order valence-electron chi connectivity index (χ2n) is 7.30.